The van der Waals surface area contributed by atoms with Crippen LogP contribution in [0.15, 0.2) is 47.1 Å². The predicted molar refractivity (Wildman–Crippen MR) is 128 cm³/mol. The Bertz CT molecular complexity index is 928. The van der Waals surface area contributed by atoms with Gasteiger partial charge in [-0.05, 0) is 90.3 Å². The molecule has 2 fully saturated rings. The van der Waals surface area contributed by atoms with Crippen molar-refractivity contribution in [3.8, 4) is 5.75 Å². The van der Waals surface area contributed by atoms with Gasteiger partial charge in [-0.1, -0.05) is 19.1 Å². The van der Waals surface area contributed by atoms with Gasteiger partial charge in [0.15, 0.2) is 0 Å². The van der Waals surface area contributed by atoms with Crippen LogP contribution in [0.4, 0.5) is 17.5 Å². The first-order chi connectivity index (χ1) is 15.2. The summed E-state index contributed by atoms with van der Waals surface area (Å²) in [5.74, 6) is 4.22. The quantitative estimate of drug-likeness (QED) is 0.510. The molecular formula is C24H30BrN5O. The van der Waals surface area contributed by atoms with Crippen molar-refractivity contribution in [1.82, 2.24) is 14.9 Å². The summed E-state index contributed by atoms with van der Waals surface area (Å²) < 4.78 is 6.78. The van der Waals surface area contributed by atoms with Crippen LogP contribution in [-0.4, -0.2) is 47.2 Å². The zero-order chi connectivity index (χ0) is 21.2. The van der Waals surface area contributed by atoms with Crippen LogP contribution in [0.2, 0.25) is 0 Å². The zero-order valence-corrected chi connectivity index (χ0v) is 19.5. The highest BCUT2D eigenvalue weighted by Crippen LogP contribution is 2.45. The number of hydrogen-bond donors (Lipinski definition) is 2. The lowest BCUT2D eigenvalue weighted by Crippen LogP contribution is -2.31. The minimum Gasteiger partial charge on any atom is -0.492 e. The van der Waals surface area contributed by atoms with E-state index in [-0.39, 0.29) is 0 Å². The first kappa shape index (κ1) is 20.8. The van der Waals surface area contributed by atoms with E-state index in [1.807, 2.05) is 24.3 Å². The number of halogens is 1. The minimum absolute atomic E-state index is 0.422. The van der Waals surface area contributed by atoms with Gasteiger partial charge in [0.2, 0.25) is 5.95 Å². The highest BCUT2D eigenvalue weighted by molar-refractivity contribution is 9.10. The summed E-state index contributed by atoms with van der Waals surface area (Å²) in [6.07, 6.45) is 10.4. The van der Waals surface area contributed by atoms with Crippen LogP contribution in [0.5, 0.6) is 5.75 Å². The van der Waals surface area contributed by atoms with Gasteiger partial charge in [-0.2, -0.15) is 4.98 Å². The highest BCUT2D eigenvalue weighted by atomic mass is 79.9. The lowest BCUT2D eigenvalue weighted by atomic mass is 9.91. The summed E-state index contributed by atoms with van der Waals surface area (Å²) in [6, 6.07) is 8.42. The lowest BCUT2D eigenvalue weighted by Gasteiger charge is -2.27. The normalized spacial score (nSPS) is 27.0. The van der Waals surface area contributed by atoms with E-state index in [0.29, 0.717) is 29.7 Å². The van der Waals surface area contributed by atoms with Crippen molar-refractivity contribution < 1.29 is 4.74 Å². The van der Waals surface area contributed by atoms with Gasteiger partial charge >= 0.3 is 0 Å². The third-order valence-corrected chi connectivity index (χ3v) is 7.47. The molecule has 2 bridgehead atoms. The molecule has 4 unspecified atom stereocenters. The molecule has 7 heteroatoms. The van der Waals surface area contributed by atoms with Crippen LogP contribution < -0.4 is 15.4 Å². The topological polar surface area (TPSA) is 62.3 Å². The van der Waals surface area contributed by atoms with Crippen molar-refractivity contribution in [2.75, 3.05) is 36.9 Å². The molecule has 2 aromatic rings. The number of rotatable bonds is 8. The highest BCUT2D eigenvalue weighted by Gasteiger charge is 2.42. The summed E-state index contributed by atoms with van der Waals surface area (Å²) in [5, 5.41) is 6.97. The molecule has 6 nitrogen and oxygen atoms in total. The average Bonchev–Trinajstić information content (AvgIpc) is 3.52. The Kier molecular flexibility index (Phi) is 6.14. The Morgan fingerprint density at radius 3 is 2.65 bits per heavy atom. The van der Waals surface area contributed by atoms with Gasteiger partial charge in [-0.15, -0.1) is 0 Å². The molecule has 0 spiro atoms. The van der Waals surface area contributed by atoms with Crippen LogP contribution >= 0.6 is 15.9 Å². The average molecular weight is 484 g/mol. The Hall–Kier alpha value is -2.12. The lowest BCUT2D eigenvalue weighted by molar-refractivity contribution is 0.238. The van der Waals surface area contributed by atoms with Crippen LogP contribution in [0, 0.1) is 17.8 Å². The van der Waals surface area contributed by atoms with Gasteiger partial charge in [-0.3, -0.25) is 4.90 Å². The van der Waals surface area contributed by atoms with Gasteiger partial charge in [0, 0.05) is 24.5 Å². The van der Waals surface area contributed by atoms with E-state index >= 15 is 0 Å². The molecule has 1 saturated heterocycles. The first-order valence-corrected chi connectivity index (χ1v) is 12.1. The molecule has 3 aliphatic rings. The zero-order valence-electron chi connectivity index (χ0n) is 17.9. The SMILES string of the molecule is CC1C2C=CC(C2)C1Nc1nc(Nc2ccc(OCCN3CCCC3)cc2)ncc1Br. The summed E-state index contributed by atoms with van der Waals surface area (Å²) >= 11 is 3.60. The smallest absolute Gasteiger partial charge is 0.229 e. The number of allylic oxidation sites excluding steroid dienone is 1. The van der Waals surface area contributed by atoms with Crippen LogP contribution in [-0.2, 0) is 0 Å². The number of nitrogens with one attached hydrogen (secondary N) is 2. The third-order valence-electron chi connectivity index (χ3n) is 6.89. The van der Waals surface area contributed by atoms with E-state index in [0.717, 1.165) is 34.9 Å². The largest absolute Gasteiger partial charge is 0.492 e. The predicted octanol–water partition coefficient (Wildman–Crippen LogP) is 5.08. The molecule has 1 aromatic heterocycles. The second-order valence-corrected chi connectivity index (χ2v) is 9.77. The van der Waals surface area contributed by atoms with Crippen molar-refractivity contribution in [3.63, 3.8) is 0 Å². The van der Waals surface area contributed by atoms with Gasteiger partial charge in [-0.25, -0.2) is 4.98 Å². The molecule has 2 N–H and O–H groups in total. The number of nitrogens with zero attached hydrogens (tertiary/aromatic N) is 3. The number of likely N-dealkylation sites (tertiary alicyclic amines) is 1. The Morgan fingerprint density at radius 1 is 1.13 bits per heavy atom. The number of ether oxygens (including phenoxy) is 1. The fraction of sp³-hybridized carbons (Fsp3) is 0.500. The van der Waals surface area contributed by atoms with Crippen molar-refractivity contribution in [2.24, 2.45) is 17.8 Å². The second kappa shape index (κ2) is 9.17. The van der Waals surface area contributed by atoms with Crippen molar-refractivity contribution in [1.29, 1.82) is 0 Å². The Morgan fingerprint density at radius 2 is 1.90 bits per heavy atom. The standard InChI is InChI=1S/C24H30BrN5O/c1-16-17-4-5-18(14-17)22(16)28-23-21(25)15-26-24(29-23)27-19-6-8-20(9-7-19)31-13-12-30-10-2-3-11-30/h4-9,15-18,22H,2-3,10-14H2,1H3,(H2,26,27,28,29). The van der Waals surface area contributed by atoms with Crippen molar-refractivity contribution >= 4 is 33.4 Å². The van der Waals surface area contributed by atoms with Crippen molar-refractivity contribution in [3.05, 3.63) is 47.1 Å². The summed E-state index contributed by atoms with van der Waals surface area (Å²) in [5.41, 5.74) is 0.941. The maximum atomic E-state index is 5.89. The third kappa shape index (κ3) is 4.72. The van der Waals surface area contributed by atoms with E-state index in [4.69, 9.17) is 9.72 Å². The fourth-order valence-electron chi connectivity index (χ4n) is 5.06. The van der Waals surface area contributed by atoms with Gasteiger partial charge in [0.25, 0.3) is 0 Å². The molecule has 31 heavy (non-hydrogen) atoms. The maximum absolute atomic E-state index is 5.89. The molecular weight excluding hydrogens is 454 g/mol. The summed E-state index contributed by atoms with van der Waals surface area (Å²) in [4.78, 5) is 11.6. The molecule has 5 rings (SSSR count). The van der Waals surface area contributed by atoms with Crippen LogP contribution in [0.3, 0.4) is 0 Å². The molecule has 4 atom stereocenters. The molecule has 1 saturated carbocycles. The Balaban J connectivity index is 1.18. The van der Waals surface area contributed by atoms with Gasteiger partial charge < -0.3 is 15.4 Å². The number of fused-ring (bicyclic) bond motifs is 2. The van der Waals surface area contributed by atoms with Crippen molar-refractivity contribution in [2.45, 2.75) is 32.2 Å². The van der Waals surface area contributed by atoms with E-state index in [1.165, 1.54) is 32.4 Å². The van der Waals surface area contributed by atoms with Crippen LogP contribution in [0.1, 0.15) is 26.2 Å². The summed E-state index contributed by atoms with van der Waals surface area (Å²) in [7, 11) is 0. The fourth-order valence-corrected chi connectivity index (χ4v) is 5.36. The van der Waals surface area contributed by atoms with Gasteiger partial charge in [0.1, 0.15) is 18.2 Å². The van der Waals surface area contributed by atoms with E-state index in [1.54, 1.807) is 6.20 Å². The van der Waals surface area contributed by atoms with E-state index < -0.39 is 0 Å². The number of hydrogen-bond acceptors (Lipinski definition) is 6. The minimum atomic E-state index is 0.422. The molecule has 0 radical (unpaired) electrons. The number of aromatic nitrogens is 2. The van der Waals surface area contributed by atoms with Gasteiger partial charge in [0.05, 0.1) is 4.47 Å². The monoisotopic (exact) mass is 483 g/mol. The molecule has 2 heterocycles. The molecule has 1 aromatic carbocycles. The second-order valence-electron chi connectivity index (χ2n) is 8.91. The Labute approximate surface area is 192 Å². The van der Waals surface area contributed by atoms with Crippen LogP contribution in [0.25, 0.3) is 0 Å². The number of anilines is 3. The molecule has 2 aliphatic carbocycles. The first-order valence-electron chi connectivity index (χ1n) is 11.4. The molecule has 1 aliphatic heterocycles. The molecule has 164 valence electrons. The molecule has 0 amide bonds. The maximum Gasteiger partial charge on any atom is 0.229 e. The van der Waals surface area contributed by atoms with E-state index in [2.05, 4.69) is 55.5 Å². The number of benzene rings is 1. The van der Waals surface area contributed by atoms with E-state index in [9.17, 15) is 0 Å². The summed E-state index contributed by atoms with van der Waals surface area (Å²) in [6.45, 7) is 6.46.